The molecular weight excluding hydrogens is 344 g/mol. The van der Waals surface area contributed by atoms with Gasteiger partial charge >= 0.3 is 0 Å². The summed E-state index contributed by atoms with van der Waals surface area (Å²) in [6.45, 7) is 1.14. The van der Waals surface area contributed by atoms with Gasteiger partial charge in [0.1, 0.15) is 5.82 Å². The number of nitrogens with zero attached hydrogens (tertiary/aromatic N) is 3. The van der Waals surface area contributed by atoms with E-state index < -0.39 is 4.92 Å². The van der Waals surface area contributed by atoms with Crippen LogP contribution in [0.25, 0.3) is 0 Å². The number of hydrogen-bond donors (Lipinski definition) is 1. The van der Waals surface area contributed by atoms with E-state index in [0.717, 1.165) is 12.4 Å². The van der Waals surface area contributed by atoms with Gasteiger partial charge in [-0.05, 0) is 5.56 Å². The number of nitro groups is 1. The van der Waals surface area contributed by atoms with E-state index in [9.17, 15) is 14.9 Å². The molecule has 3 aromatic rings. The number of nitro benzene ring substituents is 1. The van der Waals surface area contributed by atoms with Gasteiger partial charge in [-0.1, -0.05) is 48.5 Å². The maximum Gasteiger partial charge on any atom is 0.273 e. The third-order valence-electron chi connectivity index (χ3n) is 4.21. The molecule has 1 amide bonds. The van der Waals surface area contributed by atoms with Crippen molar-refractivity contribution in [2.24, 2.45) is 0 Å². The van der Waals surface area contributed by atoms with E-state index in [-0.39, 0.29) is 18.0 Å². The highest BCUT2D eigenvalue weighted by Gasteiger charge is 2.15. The predicted octanol–water partition coefficient (Wildman–Crippen LogP) is 2.74. The van der Waals surface area contributed by atoms with Crippen LogP contribution in [0.4, 0.5) is 5.69 Å². The summed E-state index contributed by atoms with van der Waals surface area (Å²) in [6.07, 6.45) is 4.23. The van der Waals surface area contributed by atoms with Crippen molar-refractivity contribution in [3.63, 3.8) is 0 Å². The highest BCUT2D eigenvalue weighted by Crippen LogP contribution is 2.17. The largest absolute Gasteiger partial charge is 0.355 e. The second-order valence-corrected chi connectivity index (χ2v) is 6.12. The van der Waals surface area contributed by atoms with Gasteiger partial charge in [-0.2, -0.15) is 0 Å². The normalized spacial score (nSPS) is 10.5. The zero-order chi connectivity index (χ0) is 19.1. The molecule has 0 bridgehead atoms. The van der Waals surface area contributed by atoms with Crippen LogP contribution >= 0.6 is 0 Å². The molecule has 27 heavy (non-hydrogen) atoms. The Kier molecular flexibility index (Phi) is 5.94. The maximum atomic E-state index is 12.1. The molecule has 0 radical (unpaired) electrons. The van der Waals surface area contributed by atoms with Crippen LogP contribution in [0.1, 0.15) is 17.0 Å². The molecule has 0 aliphatic carbocycles. The molecule has 0 saturated heterocycles. The summed E-state index contributed by atoms with van der Waals surface area (Å²) in [6, 6.07) is 16.4. The lowest BCUT2D eigenvalue weighted by Crippen LogP contribution is -2.28. The minimum absolute atomic E-state index is 0.0182. The van der Waals surface area contributed by atoms with Gasteiger partial charge in [-0.25, -0.2) is 4.98 Å². The number of carbonyl (C=O) groups is 1. The number of aromatic nitrogens is 2. The lowest BCUT2D eigenvalue weighted by molar-refractivity contribution is -0.385. The van der Waals surface area contributed by atoms with E-state index in [1.165, 1.54) is 11.6 Å². The SMILES string of the molecule is O=C(Cc1ccccc1[N+](=O)[O-])NCCc1nccn1Cc1ccccc1. The maximum absolute atomic E-state index is 12.1. The average molecular weight is 364 g/mol. The fraction of sp³-hybridized carbons (Fsp3) is 0.200. The molecule has 7 nitrogen and oxygen atoms in total. The Balaban J connectivity index is 1.53. The third kappa shape index (κ3) is 5.01. The first-order valence-corrected chi connectivity index (χ1v) is 8.66. The van der Waals surface area contributed by atoms with Crippen molar-refractivity contribution in [2.75, 3.05) is 6.54 Å². The smallest absolute Gasteiger partial charge is 0.273 e. The van der Waals surface area contributed by atoms with E-state index in [4.69, 9.17) is 0 Å². The molecule has 138 valence electrons. The highest BCUT2D eigenvalue weighted by atomic mass is 16.6. The standard InChI is InChI=1S/C20H20N4O3/c25-20(14-17-8-4-5-9-18(17)24(26)27)22-11-10-19-21-12-13-23(19)15-16-6-2-1-3-7-16/h1-9,12-13H,10-11,14-15H2,(H,22,25). The van der Waals surface area contributed by atoms with E-state index in [1.54, 1.807) is 24.4 Å². The van der Waals surface area contributed by atoms with Crippen molar-refractivity contribution in [1.29, 1.82) is 0 Å². The Labute approximate surface area is 156 Å². The molecule has 0 unspecified atom stereocenters. The monoisotopic (exact) mass is 364 g/mol. The molecule has 1 heterocycles. The van der Waals surface area contributed by atoms with Crippen LogP contribution in [-0.2, 0) is 24.2 Å². The number of hydrogen-bond acceptors (Lipinski definition) is 4. The summed E-state index contributed by atoms with van der Waals surface area (Å²) < 4.78 is 2.05. The van der Waals surface area contributed by atoms with E-state index in [0.29, 0.717) is 18.5 Å². The Morgan fingerprint density at radius 3 is 2.63 bits per heavy atom. The van der Waals surface area contributed by atoms with Crippen LogP contribution in [0.15, 0.2) is 67.0 Å². The van der Waals surface area contributed by atoms with Crippen molar-refractivity contribution in [3.05, 3.63) is 94.1 Å². The summed E-state index contributed by atoms with van der Waals surface area (Å²) >= 11 is 0. The predicted molar refractivity (Wildman–Crippen MR) is 101 cm³/mol. The Bertz CT molecular complexity index is 922. The van der Waals surface area contributed by atoms with Crippen molar-refractivity contribution in [2.45, 2.75) is 19.4 Å². The number of imidazole rings is 1. The first kappa shape index (κ1) is 18.3. The van der Waals surface area contributed by atoms with Crippen LogP contribution in [-0.4, -0.2) is 26.9 Å². The topological polar surface area (TPSA) is 90.1 Å². The minimum atomic E-state index is -0.469. The summed E-state index contributed by atoms with van der Waals surface area (Å²) in [5.74, 6) is 0.635. The summed E-state index contributed by atoms with van der Waals surface area (Å²) in [5.41, 5.74) is 1.55. The van der Waals surface area contributed by atoms with Crippen molar-refractivity contribution in [3.8, 4) is 0 Å². The number of benzene rings is 2. The van der Waals surface area contributed by atoms with Crippen LogP contribution in [0.2, 0.25) is 0 Å². The average Bonchev–Trinajstić information content (AvgIpc) is 3.10. The molecule has 0 saturated carbocycles. The molecule has 3 rings (SSSR count). The van der Waals surface area contributed by atoms with Crippen molar-refractivity contribution in [1.82, 2.24) is 14.9 Å². The zero-order valence-corrected chi connectivity index (χ0v) is 14.7. The first-order valence-electron chi connectivity index (χ1n) is 8.66. The summed E-state index contributed by atoms with van der Waals surface area (Å²) in [7, 11) is 0. The Morgan fingerprint density at radius 1 is 1.11 bits per heavy atom. The van der Waals surface area contributed by atoms with Crippen molar-refractivity contribution >= 4 is 11.6 Å². The number of rotatable bonds is 8. The lowest BCUT2D eigenvalue weighted by atomic mass is 10.1. The third-order valence-corrected chi connectivity index (χ3v) is 4.21. The molecule has 0 spiro atoms. The molecule has 0 fully saturated rings. The number of carbonyl (C=O) groups excluding carboxylic acids is 1. The highest BCUT2D eigenvalue weighted by molar-refractivity contribution is 5.79. The molecule has 0 aliphatic rings. The summed E-state index contributed by atoms with van der Waals surface area (Å²) in [4.78, 5) is 27.0. The van der Waals surface area contributed by atoms with Crippen LogP contribution in [0.3, 0.4) is 0 Å². The lowest BCUT2D eigenvalue weighted by Gasteiger charge is -2.09. The van der Waals surface area contributed by atoms with Gasteiger partial charge in [0.15, 0.2) is 0 Å². The van der Waals surface area contributed by atoms with Crippen LogP contribution in [0.5, 0.6) is 0 Å². The van der Waals surface area contributed by atoms with Crippen LogP contribution < -0.4 is 5.32 Å². The van der Waals surface area contributed by atoms with E-state index in [1.807, 2.05) is 29.0 Å². The van der Waals surface area contributed by atoms with Gasteiger partial charge in [0, 0.05) is 43.5 Å². The van der Waals surface area contributed by atoms with E-state index in [2.05, 4.69) is 22.4 Å². The Hall–Kier alpha value is -3.48. The molecule has 1 N–H and O–H groups in total. The second kappa shape index (κ2) is 8.75. The molecular formula is C20H20N4O3. The minimum Gasteiger partial charge on any atom is -0.355 e. The van der Waals surface area contributed by atoms with Gasteiger partial charge in [0.25, 0.3) is 5.69 Å². The first-order chi connectivity index (χ1) is 13.1. The fourth-order valence-corrected chi connectivity index (χ4v) is 2.88. The molecule has 0 aliphatic heterocycles. The number of amides is 1. The molecule has 7 heteroatoms. The van der Waals surface area contributed by atoms with Gasteiger partial charge < -0.3 is 9.88 Å². The summed E-state index contributed by atoms with van der Waals surface area (Å²) in [5, 5.41) is 13.8. The van der Waals surface area contributed by atoms with Gasteiger partial charge in [-0.3, -0.25) is 14.9 Å². The molecule has 2 aromatic carbocycles. The van der Waals surface area contributed by atoms with E-state index >= 15 is 0 Å². The Morgan fingerprint density at radius 2 is 1.85 bits per heavy atom. The molecule has 0 atom stereocenters. The number of nitrogens with one attached hydrogen (secondary N) is 1. The van der Waals surface area contributed by atoms with Gasteiger partial charge in [0.2, 0.25) is 5.91 Å². The quantitative estimate of drug-likeness (QED) is 0.491. The van der Waals surface area contributed by atoms with Crippen LogP contribution in [0, 0.1) is 10.1 Å². The number of para-hydroxylation sites is 1. The van der Waals surface area contributed by atoms with Crippen molar-refractivity contribution < 1.29 is 9.72 Å². The fourth-order valence-electron chi connectivity index (χ4n) is 2.88. The zero-order valence-electron chi connectivity index (χ0n) is 14.7. The van der Waals surface area contributed by atoms with Gasteiger partial charge in [-0.15, -0.1) is 0 Å². The second-order valence-electron chi connectivity index (χ2n) is 6.12. The molecule has 1 aromatic heterocycles. The van der Waals surface area contributed by atoms with Gasteiger partial charge in [0.05, 0.1) is 11.3 Å².